The maximum absolute atomic E-state index is 13.9. The van der Waals surface area contributed by atoms with Crippen molar-refractivity contribution in [2.24, 2.45) is 0 Å². The highest BCUT2D eigenvalue weighted by molar-refractivity contribution is 5.86. The van der Waals surface area contributed by atoms with Crippen LogP contribution in [0.15, 0.2) is 54.9 Å². The Morgan fingerprint density at radius 3 is 2.27 bits per heavy atom. The minimum absolute atomic E-state index is 0.197. The third kappa shape index (κ3) is 5.38. The smallest absolute Gasteiger partial charge is 0.234 e. The van der Waals surface area contributed by atoms with E-state index in [4.69, 9.17) is 4.74 Å². The third-order valence-corrected chi connectivity index (χ3v) is 7.49. The number of hydrogen-bond donors (Lipinski definition) is 0. The van der Waals surface area contributed by atoms with Gasteiger partial charge in [-0.15, -0.1) is 0 Å². The molecule has 2 aliphatic rings. The van der Waals surface area contributed by atoms with Crippen molar-refractivity contribution in [1.82, 2.24) is 19.8 Å². The summed E-state index contributed by atoms with van der Waals surface area (Å²) in [4.78, 5) is 24.8. The fourth-order valence-corrected chi connectivity index (χ4v) is 5.40. The molecule has 0 aliphatic carbocycles. The Morgan fingerprint density at radius 1 is 1.03 bits per heavy atom. The van der Waals surface area contributed by atoms with Crippen molar-refractivity contribution in [3.8, 4) is 0 Å². The first-order valence-corrected chi connectivity index (χ1v) is 12.5. The van der Waals surface area contributed by atoms with Gasteiger partial charge in [-0.05, 0) is 72.3 Å². The molecule has 0 saturated carbocycles. The van der Waals surface area contributed by atoms with Crippen LogP contribution in [0.4, 0.5) is 13.2 Å². The van der Waals surface area contributed by atoms with Crippen LogP contribution in [-0.2, 0) is 21.7 Å². The number of carbonyl (C=O) groups is 1. The molecule has 1 aromatic carbocycles. The van der Waals surface area contributed by atoms with Gasteiger partial charge in [0, 0.05) is 39.1 Å². The van der Waals surface area contributed by atoms with Crippen LogP contribution in [-0.4, -0.2) is 58.9 Å². The molecule has 0 bridgehead atoms. The standard InChI is InChI=1S/C28H29F3N4O2/c1-34(27(36)26(19-4-7-24(30)32-16-19)20-5-8-25(31)33-17-20)11-2-12-35-13-9-28(10-14-35)23-15-22(29)6-3-21(23)18-37-28/h3-8,15-17,26H,2,9-14,18H2,1H3. The van der Waals surface area contributed by atoms with Crippen LogP contribution < -0.4 is 0 Å². The molecule has 0 unspecified atom stereocenters. The van der Waals surface area contributed by atoms with E-state index in [2.05, 4.69) is 14.9 Å². The number of ether oxygens (including phenoxy) is 1. The maximum atomic E-state index is 13.9. The molecule has 2 aromatic heterocycles. The first-order chi connectivity index (χ1) is 17.8. The van der Waals surface area contributed by atoms with E-state index in [1.807, 2.05) is 6.07 Å². The number of carbonyl (C=O) groups excluding carboxylic acids is 1. The number of likely N-dealkylation sites (tertiary alicyclic amines) is 1. The summed E-state index contributed by atoms with van der Waals surface area (Å²) >= 11 is 0. The number of halogens is 3. The van der Waals surface area contributed by atoms with Crippen LogP contribution in [0.25, 0.3) is 0 Å². The highest BCUT2D eigenvalue weighted by atomic mass is 19.1. The number of benzene rings is 1. The topological polar surface area (TPSA) is 58.6 Å². The summed E-state index contributed by atoms with van der Waals surface area (Å²) in [5.41, 5.74) is 2.68. The number of rotatable bonds is 7. The zero-order chi connectivity index (χ0) is 26.0. The van der Waals surface area contributed by atoms with Crippen molar-refractivity contribution >= 4 is 5.91 Å². The van der Waals surface area contributed by atoms with E-state index in [1.165, 1.54) is 42.7 Å². The van der Waals surface area contributed by atoms with Gasteiger partial charge < -0.3 is 14.5 Å². The van der Waals surface area contributed by atoms with Gasteiger partial charge in [0.15, 0.2) is 0 Å². The van der Waals surface area contributed by atoms with E-state index in [-0.39, 0.29) is 11.7 Å². The molecule has 1 spiro atoms. The molecule has 2 aliphatic heterocycles. The minimum Gasteiger partial charge on any atom is -0.365 e. The zero-order valence-corrected chi connectivity index (χ0v) is 20.7. The third-order valence-electron chi connectivity index (χ3n) is 7.49. The predicted molar refractivity (Wildman–Crippen MR) is 131 cm³/mol. The first-order valence-electron chi connectivity index (χ1n) is 12.5. The van der Waals surface area contributed by atoms with E-state index in [0.29, 0.717) is 24.3 Å². The normalized spacial score (nSPS) is 16.8. The van der Waals surface area contributed by atoms with Crippen molar-refractivity contribution in [1.29, 1.82) is 0 Å². The average Bonchev–Trinajstić information content (AvgIpc) is 3.24. The second kappa shape index (κ2) is 10.6. The Kier molecular flexibility index (Phi) is 7.26. The number of nitrogens with zero attached hydrogens (tertiary/aromatic N) is 4. The lowest BCUT2D eigenvalue weighted by Crippen LogP contribution is -2.43. The summed E-state index contributed by atoms with van der Waals surface area (Å²) in [5, 5.41) is 0. The number of pyridine rings is 2. The van der Waals surface area contributed by atoms with E-state index in [0.717, 1.165) is 50.0 Å². The predicted octanol–water partition coefficient (Wildman–Crippen LogP) is 4.40. The van der Waals surface area contributed by atoms with Crippen LogP contribution >= 0.6 is 0 Å². The van der Waals surface area contributed by atoms with E-state index in [9.17, 15) is 18.0 Å². The van der Waals surface area contributed by atoms with Crippen molar-refractivity contribution in [2.75, 3.05) is 33.2 Å². The Balaban J connectivity index is 1.18. The Labute approximate surface area is 214 Å². The number of likely N-dealkylation sites (N-methyl/N-ethyl adjacent to an activating group) is 1. The van der Waals surface area contributed by atoms with Crippen LogP contribution in [0.1, 0.15) is 47.4 Å². The molecule has 3 aromatic rings. The average molecular weight is 511 g/mol. The fraction of sp³-hybridized carbons (Fsp3) is 0.393. The second-order valence-corrected chi connectivity index (χ2v) is 9.80. The fourth-order valence-electron chi connectivity index (χ4n) is 5.40. The molecule has 1 fully saturated rings. The lowest BCUT2D eigenvalue weighted by molar-refractivity contribution is -0.130. The lowest BCUT2D eigenvalue weighted by atomic mass is 9.83. The highest BCUT2D eigenvalue weighted by Crippen LogP contribution is 2.44. The monoisotopic (exact) mass is 510 g/mol. The molecule has 1 saturated heterocycles. The largest absolute Gasteiger partial charge is 0.365 e. The molecular formula is C28H29F3N4O2. The molecule has 6 nitrogen and oxygen atoms in total. The molecule has 4 heterocycles. The van der Waals surface area contributed by atoms with Gasteiger partial charge in [0.25, 0.3) is 0 Å². The number of hydrogen-bond acceptors (Lipinski definition) is 5. The van der Waals surface area contributed by atoms with Crippen molar-refractivity contribution < 1.29 is 22.7 Å². The Bertz CT molecular complexity index is 1200. The molecule has 1 amide bonds. The van der Waals surface area contributed by atoms with Crippen LogP contribution in [0, 0.1) is 17.7 Å². The van der Waals surface area contributed by atoms with Crippen molar-refractivity contribution in [3.05, 3.63) is 94.8 Å². The van der Waals surface area contributed by atoms with Gasteiger partial charge in [-0.3, -0.25) is 4.79 Å². The summed E-state index contributed by atoms with van der Waals surface area (Å²) in [7, 11) is 1.73. The Hall–Kier alpha value is -3.30. The van der Waals surface area contributed by atoms with Crippen LogP contribution in [0.2, 0.25) is 0 Å². The van der Waals surface area contributed by atoms with Gasteiger partial charge in [-0.1, -0.05) is 18.2 Å². The van der Waals surface area contributed by atoms with E-state index in [1.54, 1.807) is 18.0 Å². The second-order valence-electron chi connectivity index (χ2n) is 9.80. The zero-order valence-electron chi connectivity index (χ0n) is 20.7. The molecular weight excluding hydrogens is 481 g/mol. The number of piperidine rings is 1. The minimum atomic E-state index is -0.763. The van der Waals surface area contributed by atoms with Gasteiger partial charge >= 0.3 is 0 Å². The summed E-state index contributed by atoms with van der Waals surface area (Å²) in [5.74, 6) is -2.47. The molecule has 0 radical (unpaired) electrons. The number of aromatic nitrogens is 2. The molecule has 194 valence electrons. The van der Waals surface area contributed by atoms with Gasteiger partial charge in [-0.2, -0.15) is 8.78 Å². The molecule has 37 heavy (non-hydrogen) atoms. The number of fused-ring (bicyclic) bond motifs is 2. The first kappa shape index (κ1) is 25.4. The highest BCUT2D eigenvalue weighted by Gasteiger charge is 2.42. The van der Waals surface area contributed by atoms with E-state index < -0.39 is 23.4 Å². The van der Waals surface area contributed by atoms with Gasteiger partial charge in [0.1, 0.15) is 5.82 Å². The SMILES string of the molecule is CN(CCCN1CCC2(CC1)OCc1ccc(F)cc12)C(=O)C(c1ccc(F)nc1)c1ccc(F)nc1. The van der Waals surface area contributed by atoms with Gasteiger partial charge in [0.2, 0.25) is 17.8 Å². The molecule has 0 N–H and O–H groups in total. The summed E-state index contributed by atoms with van der Waals surface area (Å²) < 4.78 is 46.8. The molecule has 5 rings (SSSR count). The van der Waals surface area contributed by atoms with Crippen LogP contribution in [0.5, 0.6) is 0 Å². The van der Waals surface area contributed by atoms with E-state index >= 15 is 0 Å². The maximum Gasteiger partial charge on any atom is 0.234 e. The summed E-state index contributed by atoms with van der Waals surface area (Å²) in [6.07, 6.45) is 5.02. The molecule has 9 heteroatoms. The lowest BCUT2D eigenvalue weighted by Gasteiger charge is -2.39. The summed E-state index contributed by atoms with van der Waals surface area (Å²) in [6.45, 7) is 3.52. The van der Waals surface area contributed by atoms with Gasteiger partial charge in [-0.25, -0.2) is 14.4 Å². The Morgan fingerprint density at radius 2 is 1.68 bits per heavy atom. The van der Waals surface area contributed by atoms with Gasteiger partial charge in [0.05, 0.1) is 18.1 Å². The quantitative estimate of drug-likeness (QED) is 0.441. The summed E-state index contributed by atoms with van der Waals surface area (Å²) in [6, 6.07) is 10.4. The number of amides is 1. The van der Waals surface area contributed by atoms with Crippen LogP contribution in [0.3, 0.4) is 0 Å². The van der Waals surface area contributed by atoms with Crippen molar-refractivity contribution in [3.63, 3.8) is 0 Å². The van der Waals surface area contributed by atoms with Crippen molar-refractivity contribution in [2.45, 2.75) is 37.4 Å². The molecule has 0 atom stereocenters.